The Balaban J connectivity index is 1.90. The Hall–Kier alpha value is -2.85. The molecule has 1 N–H and O–H groups in total. The molecule has 0 radical (unpaired) electrons. The molecule has 6 nitrogen and oxygen atoms in total. The molecule has 0 bridgehead atoms. The van der Waals surface area contributed by atoms with Gasteiger partial charge in [0.15, 0.2) is 0 Å². The first-order valence-corrected chi connectivity index (χ1v) is 8.68. The number of benzene rings is 2. The van der Waals surface area contributed by atoms with Crippen LogP contribution in [-0.2, 0) is 21.3 Å². The van der Waals surface area contributed by atoms with E-state index < -0.39 is 10.1 Å². The normalized spacial score (nSPS) is 13.6. The van der Waals surface area contributed by atoms with E-state index in [1.54, 1.807) is 19.1 Å². The molecule has 122 valence electrons. The first kappa shape index (κ1) is 16.0. The van der Waals surface area contributed by atoms with Crippen molar-refractivity contribution in [3.8, 4) is 11.8 Å². The predicted octanol–water partition coefficient (Wildman–Crippen LogP) is 2.52. The summed E-state index contributed by atoms with van der Waals surface area (Å²) in [7, 11) is -4.00. The van der Waals surface area contributed by atoms with Gasteiger partial charge in [-0.1, -0.05) is 0 Å². The van der Waals surface area contributed by atoms with E-state index in [1.165, 1.54) is 24.3 Å². The molecule has 1 heterocycles. The van der Waals surface area contributed by atoms with Gasteiger partial charge < -0.3 is 9.50 Å². The van der Waals surface area contributed by atoms with E-state index in [2.05, 4.69) is 5.32 Å². The molecule has 1 aliphatic rings. The summed E-state index contributed by atoms with van der Waals surface area (Å²) < 4.78 is 30.1. The van der Waals surface area contributed by atoms with Crippen LogP contribution in [0.25, 0.3) is 0 Å². The number of nitrogens with one attached hydrogen (secondary N) is 1. The Morgan fingerprint density at radius 1 is 1.17 bits per heavy atom. The second-order valence-electron chi connectivity index (χ2n) is 5.50. The van der Waals surface area contributed by atoms with Crippen molar-refractivity contribution in [3.63, 3.8) is 0 Å². The Labute approximate surface area is 139 Å². The highest BCUT2D eigenvalue weighted by Gasteiger charge is 2.21. The predicted molar refractivity (Wildman–Crippen MR) is 87.1 cm³/mol. The van der Waals surface area contributed by atoms with E-state index in [0.29, 0.717) is 29.7 Å². The number of rotatable bonds is 3. The maximum Gasteiger partial charge on any atom is 0.339 e. The molecule has 2 aromatic carbocycles. The average Bonchev–Trinajstić information content (AvgIpc) is 2.54. The third-order valence-corrected chi connectivity index (χ3v) is 5.16. The van der Waals surface area contributed by atoms with E-state index in [1.807, 2.05) is 6.07 Å². The number of hydrogen-bond acceptors (Lipinski definition) is 5. The van der Waals surface area contributed by atoms with Crippen LogP contribution in [0.1, 0.15) is 23.1 Å². The molecule has 1 aliphatic heterocycles. The number of aryl methyl sites for hydroxylation is 2. The zero-order valence-electron chi connectivity index (χ0n) is 12.9. The van der Waals surface area contributed by atoms with Gasteiger partial charge in [-0.25, -0.2) is 0 Å². The highest BCUT2D eigenvalue weighted by Crippen LogP contribution is 2.29. The molecule has 24 heavy (non-hydrogen) atoms. The molecule has 0 saturated carbocycles. The van der Waals surface area contributed by atoms with Crippen molar-refractivity contribution in [2.45, 2.75) is 24.7 Å². The number of nitrogens with zero attached hydrogens (tertiary/aromatic N) is 1. The van der Waals surface area contributed by atoms with Gasteiger partial charge >= 0.3 is 10.1 Å². The van der Waals surface area contributed by atoms with Crippen molar-refractivity contribution in [2.24, 2.45) is 0 Å². The number of nitriles is 1. The van der Waals surface area contributed by atoms with Crippen molar-refractivity contribution >= 4 is 21.7 Å². The summed E-state index contributed by atoms with van der Waals surface area (Å²) in [6.07, 6.45) is 0.895. The molecule has 0 fully saturated rings. The number of hydrogen-bond donors (Lipinski definition) is 1. The highest BCUT2D eigenvalue weighted by atomic mass is 32.2. The van der Waals surface area contributed by atoms with Crippen molar-refractivity contribution in [1.82, 2.24) is 0 Å². The van der Waals surface area contributed by atoms with Crippen LogP contribution >= 0.6 is 0 Å². The fourth-order valence-electron chi connectivity index (χ4n) is 2.58. The molecule has 0 aromatic heterocycles. The Morgan fingerprint density at radius 3 is 2.67 bits per heavy atom. The fraction of sp³-hybridized carbons (Fsp3) is 0.176. The first-order chi connectivity index (χ1) is 11.4. The van der Waals surface area contributed by atoms with E-state index in [-0.39, 0.29) is 16.6 Å². The molecule has 0 unspecified atom stereocenters. The molecular weight excluding hydrogens is 328 g/mol. The summed E-state index contributed by atoms with van der Waals surface area (Å²) in [5.74, 6) is 0.130. The topological polar surface area (TPSA) is 96.3 Å². The van der Waals surface area contributed by atoms with E-state index in [9.17, 15) is 13.2 Å². The van der Waals surface area contributed by atoms with Gasteiger partial charge in [-0.15, -0.1) is 0 Å². The second kappa shape index (κ2) is 5.98. The second-order valence-corrected chi connectivity index (χ2v) is 7.01. The number of amides is 1. The maximum absolute atomic E-state index is 12.5. The van der Waals surface area contributed by atoms with Gasteiger partial charge in [0.25, 0.3) is 0 Å². The quantitative estimate of drug-likeness (QED) is 0.865. The van der Waals surface area contributed by atoms with Crippen LogP contribution in [0.15, 0.2) is 41.3 Å². The van der Waals surface area contributed by atoms with Crippen LogP contribution in [0.5, 0.6) is 5.75 Å². The molecule has 0 atom stereocenters. The lowest BCUT2D eigenvalue weighted by atomic mass is 10.0. The van der Waals surface area contributed by atoms with Gasteiger partial charge in [-0.2, -0.15) is 13.7 Å². The van der Waals surface area contributed by atoms with Crippen LogP contribution in [-0.4, -0.2) is 14.3 Å². The highest BCUT2D eigenvalue weighted by molar-refractivity contribution is 7.87. The van der Waals surface area contributed by atoms with E-state index >= 15 is 0 Å². The van der Waals surface area contributed by atoms with Gasteiger partial charge in [0.05, 0.1) is 11.6 Å². The van der Waals surface area contributed by atoms with Crippen LogP contribution in [0.4, 0.5) is 5.69 Å². The molecule has 0 aliphatic carbocycles. The summed E-state index contributed by atoms with van der Waals surface area (Å²) in [5, 5.41) is 11.6. The summed E-state index contributed by atoms with van der Waals surface area (Å²) >= 11 is 0. The third kappa shape index (κ3) is 3.09. The zero-order valence-corrected chi connectivity index (χ0v) is 13.7. The molecule has 2 aromatic rings. The van der Waals surface area contributed by atoms with Crippen molar-refractivity contribution < 1.29 is 17.4 Å². The maximum atomic E-state index is 12.5. The zero-order chi connectivity index (χ0) is 17.3. The monoisotopic (exact) mass is 342 g/mol. The number of carbonyl (C=O) groups is 1. The standard InChI is InChI=1S/C17H14N2O4S/c1-11-8-12(10-18)2-6-16(11)24(21,22)23-14-4-5-15-13(9-14)3-7-17(20)19-15/h2,4-6,8-9H,3,7H2,1H3,(H,19,20). The number of anilines is 1. The molecular formula is C17H14N2O4S. The van der Waals surface area contributed by atoms with Gasteiger partial charge in [0, 0.05) is 12.1 Å². The molecule has 7 heteroatoms. The minimum Gasteiger partial charge on any atom is -0.379 e. The summed E-state index contributed by atoms with van der Waals surface area (Å²) in [6.45, 7) is 1.61. The number of carbonyl (C=O) groups excluding carboxylic acids is 1. The Bertz CT molecular complexity index is 975. The molecule has 0 saturated heterocycles. The van der Waals surface area contributed by atoms with E-state index in [0.717, 1.165) is 5.56 Å². The lowest BCUT2D eigenvalue weighted by Crippen LogP contribution is -2.19. The van der Waals surface area contributed by atoms with Crippen LogP contribution in [0.3, 0.4) is 0 Å². The van der Waals surface area contributed by atoms with Crippen LogP contribution in [0, 0.1) is 18.3 Å². The first-order valence-electron chi connectivity index (χ1n) is 7.27. The van der Waals surface area contributed by atoms with Crippen LogP contribution < -0.4 is 9.50 Å². The SMILES string of the molecule is Cc1cc(C#N)ccc1S(=O)(=O)Oc1ccc2c(c1)CCC(=O)N2. The largest absolute Gasteiger partial charge is 0.379 e. The Kier molecular flexibility index (Phi) is 3.99. The van der Waals surface area contributed by atoms with Gasteiger partial charge in [-0.3, -0.25) is 4.79 Å². The summed E-state index contributed by atoms with van der Waals surface area (Å²) in [6, 6.07) is 11.0. The van der Waals surface area contributed by atoms with E-state index in [4.69, 9.17) is 9.44 Å². The fourth-order valence-corrected chi connectivity index (χ4v) is 3.72. The van der Waals surface area contributed by atoms with Crippen molar-refractivity contribution in [2.75, 3.05) is 5.32 Å². The minimum absolute atomic E-state index is 0.0209. The van der Waals surface area contributed by atoms with Crippen LogP contribution in [0.2, 0.25) is 0 Å². The minimum atomic E-state index is -4.00. The summed E-state index contributed by atoms with van der Waals surface area (Å²) in [4.78, 5) is 11.4. The molecule has 1 amide bonds. The van der Waals surface area contributed by atoms with Crippen molar-refractivity contribution in [1.29, 1.82) is 5.26 Å². The molecule has 0 spiro atoms. The van der Waals surface area contributed by atoms with Gasteiger partial charge in [0.1, 0.15) is 10.6 Å². The third-order valence-electron chi connectivity index (χ3n) is 3.75. The van der Waals surface area contributed by atoms with Crippen molar-refractivity contribution in [3.05, 3.63) is 53.1 Å². The smallest absolute Gasteiger partial charge is 0.339 e. The average molecular weight is 342 g/mol. The number of fused-ring (bicyclic) bond motifs is 1. The molecule has 3 rings (SSSR count). The lowest BCUT2D eigenvalue weighted by Gasteiger charge is -2.17. The Morgan fingerprint density at radius 2 is 1.96 bits per heavy atom. The van der Waals surface area contributed by atoms with Gasteiger partial charge in [-0.05, 0) is 60.9 Å². The lowest BCUT2D eigenvalue weighted by molar-refractivity contribution is -0.116. The summed E-state index contributed by atoms with van der Waals surface area (Å²) in [5.41, 5.74) is 2.33. The van der Waals surface area contributed by atoms with Gasteiger partial charge in [0.2, 0.25) is 5.91 Å².